The number of aromatic nitrogens is 2. The van der Waals surface area contributed by atoms with Crippen LogP contribution in [0.5, 0.6) is 0 Å². The maximum atomic E-state index is 11.4. The molecule has 3 N–H and O–H groups in total. The van der Waals surface area contributed by atoms with E-state index in [1.807, 2.05) is 18.5 Å². The van der Waals surface area contributed by atoms with Gasteiger partial charge in [0.1, 0.15) is 6.04 Å². The first-order valence-electron chi connectivity index (χ1n) is 7.12. The van der Waals surface area contributed by atoms with E-state index in [0.29, 0.717) is 6.42 Å². The summed E-state index contributed by atoms with van der Waals surface area (Å²) in [6.07, 6.45) is 2.38. The number of aryl methyl sites for hydroxylation is 2. The largest absolute Gasteiger partial charge is 0.371 e. The summed E-state index contributed by atoms with van der Waals surface area (Å²) in [5.74, 6) is -0.351. The van der Waals surface area contributed by atoms with Gasteiger partial charge in [-0.3, -0.25) is 4.79 Å². The molecule has 2 rings (SSSR count). The molecule has 0 bridgehead atoms. The summed E-state index contributed by atoms with van der Waals surface area (Å²) in [6, 6.07) is 5.89. The number of carbonyl (C=O) groups excluding carboxylic acids is 1. The van der Waals surface area contributed by atoms with Gasteiger partial charge >= 0.3 is 0 Å². The van der Waals surface area contributed by atoms with E-state index in [-0.39, 0.29) is 11.9 Å². The van der Waals surface area contributed by atoms with Gasteiger partial charge in [-0.2, -0.15) is 5.10 Å². The van der Waals surface area contributed by atoms with E-state index in [9.17, 15) is 4.79 Å². The molecule has 1 aromatic heterocycles. The molecule has 0 aliphatic heterocycles. The fraction of sp³-hybridized carbons (Fsp3) is 0.375. The van der Waals surface area contributed by atoms with Crippen LogP contribution >= 0.6 is 0 Å². The Morgan fingerprint density at radius 1 is 1.38 bits per heavy atom. The lowest BCUT2D eigenvalue weighted by molar-refractivity contribution is -0.118. The van der Waals surface area contributed by atoms with Gasteiger partial charge in [0.2, 0.25) is 5.91 Å². The zero-order valence-corrected chi connectivity index (χ0v) is 13.0. The molecule has 1 aromatic carbocycles. The third-order valence-electron chi connectivity index (χ3n) is 3.68. The predicted molar refractivity (Wildman–Crippen MR) is 84.7 cm³/mol. The van der Waals surface area contributed by atoms with Crippen molar-refractivity contribution in [3.8, 4) is 5.69 Å². The van der Waals surface area contributed by atoms with Gasteiger partial charge in [0, 0.05) is 0 Å². The molecule has 5 heteroatoms. The van der Waals surface area contributed by atoms with Gasteiger partial charge in [0.05, 0.1) is 23.3 Å². The lowest BCUT2D eigenvalue weighted by atomic mass is 10.1. The molecular formula is C16H22N4O. The maximum absolute atomic E-state index is 11.4. The average Bonchev–Trinajstić information content (AvgIpc) is 2.79. The van der Waals surface area contributed by atoms with Crippen molar-refractivity contribution in [3.63, 3.8) is 0 Å². The van der Waals surface area contributed by atoms with Crippen molar-refractivity contribution in [2.45, 2.75) is 40.2 Å². The summed E-state index contributed by atoms with van der Waals surface area (Å²) in [4.78, 5) is 11.4. The molecule has 112 valence electrons. The van der Waals surface area contributed by atoms with Gasteiger partial charge in [-0.15, -0.1) is 0 Å². The molecule has 0 aliphatic carbocycles. The van der Waals surface area contributed by atoms with Crippen LogP contribution in [-0.2, 0) is 4.79 Å². The Bertz CT molecular complexity index is 660. The van der Waals surface area contributed by atoms with Crippen molar-refractivity contribution in [2.75, 3.05) is 5.32 Å². The van der Waals surface area contributed by atoms with Crippen LogP contribution < -0.4 is 11.1 Å². The Morgan fingerprint density at radius 2 is 2.10 bits per heavy atom. The van der Waals surface area contributed by atoms with Gasteiger partial charge in [-0.1, -0.05) is 19.1 Å². The number of rotatable bonds is 5. The van der Waals surface area contributed by atoms with Gasteiger partial charge < -0.3 is 11.1 Å². The lowest BCUT2D eigenvalue weighted by Crippen LogP contribution is -2.34. The molecule has 0 aliphatic rings. The maximum Gasteiger partial charge on any atom is 0.239 e. The Balaban J connectivity index is 2.36. The molecule has 0 saturated carbocycles. The van der Waals surface area contributed by atoms with E-state index < -0.39 is 0 Å². The van der Waals surface area contributed by atoms with Crippen LogP contribution in [0, 0.1) is 20.8 Å². The highest BCUT2D eigenvalue weighted by Crippen LogP contribution is 2.22. The molecule has 5 nitrogen and oxygen atoms in total. The summed E-state index contributed by atoms with van der Waals surface area (Å²) in [5.41, 5.74) is 10.6. The van der Waals surface area contributed by atoms with Crippen LogP contribution in [-0.4, -0.2) is 21.7 Å². The Labute approximate surface area is 125 Å². The topological polar surface area (TPSA) is 72.9 Å². The quantitative estimate of drug-likeness (QED) is 0.887. The molecule has 2 aromatic rings. The number of hydrogen-bond acceptors (Lipinski definition) is 3. The van der Waals surface area contributed by atoms with E-state index in [4.69, 9.17) is 5.73 Å². The first kappa shape index (κ1) is 15.1. The van der Waals surface area contributed by atoms with Crippen LogP contribution in [0.3, 0.4) is 0 Å². The standard InChI is InChI=1S/C16H22N4O/c1-5-13(16(17)21)19-14-9-18-20(12(14)4)15-8-10(2)6-7-11(15)3/h6-9,13,19H,5H2,1-4H3,(H2,17,21)/t13-/m0/s1. The van der Waals surface area contributed by atoms with Crippen LogP contribution in [0.15, 0.2) is 24.4 Å². The molecule has 1 amide bonds. The summed E-state index contributed by atoms with van der Waals surface area (Å²) in [7, 11) is 0. The van der Waals surface area contributed by atoms with Gasteiger partial charge in [-0.05, 0) is 44.4 Å². The molecule has 1 heterocycles. The summed E-state index contributed by atoms with van der Waals surface area (Å²) >= 11 is 0. The second-order valence-electron chi connectivity index (χ2n) is 5.35. The second-order valence-corrected chi connectivity index (χ2v) is 5.35. The van der Waals surface area contributed by atoms with Gasteiger partial charge in [0.15, 0.2) is 0 Å². The molecule has 0 spiro atoms. The first-order chi connectivity index (χ1) is 9.93. The Morgan fingerprint density at radius 3 is 2.71 bits per heavy atom. The molecule has 0 fully saturated rings. The Hall–Kier alpha value is -2.30. The predicted octanol–water partition coefficient (Wildman–Crippen LogP) is 2.47. The SMILES string of the molecule is CC[C@H](Nc1cnn(-c2cc(C)ccc2C)c1C)C(N)=O. The van der Waals surface area contributed by atoms with Crippen LogP contribution in [0.2, 0.25) is 0 Å². The highest BCUT2D eigenvalue weighted by molar-refractivity contribution is 5.83. The number of amides is 1. The zero-order valence-electron chi connectivity index (χ0n) is 13.0. The van der Waals surface area contributed by atoms with Crippen molar-refractivity contribution in [1.82, 2.24) is 9.78 Å². The second kappa shape index (κ2) is 5.99. The third kappa shape index (κ3) is 3.07. The normalized spacial score (nSPS) is 12.2. The minimum atomic E-state index is -0.375. The van der Waals surface area contributed by atoms with Crippen molar-refractivity contribution in [3.05, 3.63) is 41.2 Å². The van der Waals surface area contributed by atoms with E-state index in [0.717, 1.165) is 22.6 Å². The fourth-order valence-electron chi connectivity index (χ4n) is 2.30. The molecule has 21 heavy (non-hydrogen) atoms. The van der Waals surface area contributed by atoms with Crippen molar-refractivity contribution in [2.24, 2.45) is 5.73 Å². The summed E-state index contributed by atoms with van der Waals surface area (Å²) in [6.45, 7) is 8.01. The third-order valence-corrected chi connectivity index (χ3v) is 3.68. The van der Waals surface area contributed by atoms with Crippen molar-refractivity contribution >= 4 is 11.6 Å². The molecule has 1 atom stereocenters. The minimum absolute atomic E-state index is 0.351. The summed E-state index contributed by atoms with van der Waals surface area (Å²) in [5, 5.41) is 7.60. The number of nitrogens with zero attached hydrogens (tertiary/aromatic N) is 2. The summed E-state index contributed by atoms with van der Waals surface area (Å²) < 4.78 is 1.89. The number of benzene rings is 1. The average molecular weight is 286 g/mol. The van der Waals surface area contributed by atoms with E-state index in [1.165, 1.54) is 5.56 Å². The fourth-order valence-corrected chi connectivity index (χ4v) is 2.30. The molecule has 0 saturated heterocycles. The van der Waals surface area contributed by atoms with Crippen LogP contribution in [0.4, 0.5) is 5.69 Å². The van der Waals surface area contributed by atoms with Gasteiger partial charge in [0.25, 0.3) is 0 Å². The zero-order chi connectivity index (χ0) is 15.6. The number of primary amides is 1. The van der Waals surface area contributed by atoms with E-state index in [2.05, 4.69) is 42.5 Å². The minimum Gasteiger partial charge on any atom is -0.371 e. The highest BCUT2D eigenvalue weighted by atomic mass is 16.1. The first-order valence-corrected chi connectivity index (χ1v) is 7.12. The molecule has 0 radical (unpaired) electrons. The number of nitrogens with two attached hydrogens (primary N) is 1. The number of hydrogen-bond donors (Lipinski definition) is 2. The smallest absolute Gasteiger partial charge is 0.239 e. The van der Waals surface area contributed by atoms with Crippen molar-refractivity contribution in [1.29, 1.82) is 0 Å². The monoisotopic (exact) mass is 286 g/mol. The number of nitrogens with one attached hydrogen (secondary N) is 1. The number of anilines is 1. The van der Waals surface area contributed by atoms with E-state index in [1.54, 1.807) is 6.20 Å². The van der Waals surface area contributed by atoms with E-state index >= 15 is 0 Å². The molecular weight excluding hydrogens is 264 g/mol. The van der Waals surface area contributed by atoms with Crippen molar-refractivity contribution < 1.29 is 4.79 Å². The number of carbonyl (C=O) groups is 1. The van der Waals surface area contributed by atoms with Gasteiger partial charge in [-0.25, -0.2) is 4.68 Å². The van der Waals surface area contributed by atoms with Crippen LogP contribution in [0.25, 0.3) is 5.69 Å². The lowest BCUT2D eigenvalue weighted by Gasteiger charge is -2.15. The molecule has 0 unspecified atom stereocenters. The Kier molecular flexibility index (Phi) is 4.31. The highest BCUT2D eigenvalue weighted by Gasteiger charge is 2.16. The van der Waals surface area contributed by atoms with Crippen LogP contribution in [0.1, 0.15) is 30.2 Å².